The van der Waals surface area contributed by atoms with E-state index >= 15 is 0 Å². The highest BCUT2D eigenvalue weighted by atomic mass is 19.1. The van der Waals surface area contributed by atoms with Crippen LogP contribution in [0.25, 0.3) is 22.0 Å². The van der Waals surface area contributed by atoms with Gasteiger partial charge in [-0.05, 0) is 35.0 Å². The van der Waals surface area contributed by atoms with Crippen molar-refractivity contribution in [1.82, 2.24) is 5.16 Å². The highest BCUT2D eigenvalue weighted by Gasteiger charge is 2.14. The van der Waals surface area contributed by atoms with Crippen molar-refractivity contribution >= 4 is 22.4 Å². The van der Waals surface area contributed by atoms with E-state index in [9.17, 15) is 9.18 Å². The van der Waals surface area contributed by atoms with Crippen LogP contribution in [0.15, 0.2) is 77.3 Å². The second kappa shape index (κ2) is 6.20. The molecule has 0 spiro atoms. The summed E-state index contributed by atoms with van der Waals surface area (Å²) < 4.78 is 18.4. The smallest absolute Gasteiger partial charge is 0.294 e. The number of aromatic nitrogens is 1. The van der Waals surface area contributed by atoms with Crippen molar-refractivity contribution in [2.24, 2.45) is 0 Å². The number of anilines is 1. The highest BCUT2D eigenvalue weighted by molar-refractivity contribution is 6.03. The maximum absolute atomic E-state index is 13.3. The summed E-state index contributed by atoms with van der Waals surface area (Å²) in [4.78, 5) is 12.3. The molecule has 0 aliphatic heterocycles. The van der Waals surface area contributed by atoms with Gasteiger partial charge in [-0.1, -0.05) is 47.6 Å². The summed E-state index contributed by atoms with van der Waals surface area (Å²) >= 11 is 0. The van der Waals surface area contributed by atoms with Gasteiger partial charge in [0.05, 0.1) is 0 Å². The molecule has 4 nitrogen and oxygen atoms in total. The second-order valence-corrected chi connectivity index (χ2v) is 5.60. The first-order valence-electron chi connectivity index (χ1n) is 7.72. The topological polar surface area (TPSA) is 55.1 Å². The summed E-state index contributed by atoms with van der Waals surface area (Å²) in [6.45, 7) is 0. The first kappa shape index (κ1) is 15.1. The zero-order valence-corrected chi connectivity index (χ0v) is 13.1. The summed E-state index contributed by atoms with van der Waals surface area (Å²) in [5.41, 5.74) is 1.61. The number of fused-ring (bicyclic) bond motifs is 1. The third-order valence-corrected chi connectivity index (χ3v) is 3.86. The Kier molecular flexibility index (Phi) is 3.74. The predicted octanol–water partition coefficient (Wildman–Crippen LogP) is 4.89. The zero-order valence-electron chi connectivity index (χ0n) is 13.1. The van der Waals surface area contributed by atoms with Gasteiger partial charge in [-0.25, -0.2) is 4.39 Å². The maximum Gasteiger partial charge on any atom is 0.294 e. The third-order valence-electron chi connectivity index (χ3n) is 3.86. The summed E-state index contributed by atoms with van der Waals surface area (Å²) in [6, 6.07) is 21.0. The van der Waals surface area contributed by atoms with Crippen molar-refractivity contribution in [1.29, 1.82) is 0 Å². The van der Waals surface area contributed by atoms with Gasteiger partial charge in [0.15, 0.2) is 0 Å². The molecule has 1 aromatic heterocycles. The van der Waals surface area contributed by atoms with Crippen LogP contribution in [-0.2, 0) is 0 Å². The van der Waals surface area contributed by atoms with E-state index in [-0.39, 0.29) is 11.6 Å². The number of carbonyl (C=O) groups excluding carboxylic acids is 1. The molecule has 122 valence electrons. The maximum atomic E-state index is 13.3. The molecule has 0 bridgehead atoms. The van der Waals surface area contributed by atoms with Crippen molar-refractivity contribution in [3.8, 4) is 11.3 Å². The summed E-state index contributed by atoms with van der Waals surface area (Å²) in [6.07, 6.45) is 0. The van der Waals surface area contributed by atoms with Crippen LogP contribution in [0.2, 0.25) is 0 Å². The molecule has 4 aromatic rings. The van der Waals surface area contributed by atoms with Crippen LogP contribution in [0, 0.1) is 5.82 Å². The minimum Gasteiger partial charge on any atom is -0.350 e. The fourth-order valence-electron chi connectivity index (χ4n) is 2.63. The number of benzene rings is 3. The van der Waals surface area contributed by atoms with Crippen LogP contribution < -0.4 is 5.32 Å². The van der Waals surface area contributed by atoms with Gasteiger partial charge in [0, 0.05) is 17.3 Å². The Bertz CT molecular complexity index is 1070. The van der Waals surface area contributed by atoms with E-state index in [1.807, 2.05) is 42.5 Å². The van der Waals surface area contributed by atoms with Crippen LogP contribution in [0.1, 0.15) is 10.6 Å². The Hall–Kier alpha value is -3.47. The number of hydrogen-bond acceptors (Lipinski definition) is 3. The van der Waals surface area contributed by atoms with Crippen molar-refractivity contribution in [3.05, 3.63) is 84.4 Å². The first-order chi connectivity index (χ1) is 12.2. The van der Waals surface area contributed by atoms with Crippen LogP contribution in [0.5, 0.6) is 0 Å². The van der Waals surface area contributed by atoms with Crippen molar-refractivity contribution in [2.45, 2.75) is 0 Å². The molecule has 1 N–H and O–H groups in total. The molecule has 0 atom stereocenters. The van der Waals surface area contributed by atoms with Gasteiger partial charge >= 0.3 is 0 Å². The zero-order chi connectivity index (χ0) is 17.2. The van der Waals surface area contributed by atoms with E-state index < -0.39 is 5.91 Å². The molecule has 25 heavy (non-hydrogen) atoms. The molecular formula is C20H13FN2O2. The number of nitrogens with one attached hydrogen (secondary N) is 1. The number of amides is 1. The minimum absolute atomic E-state index is 0.0624. The molecule has 1 heterocycles. The lowest BCUT2D eigenvalue weighted by Gasteiger charge is -2.04. The Morgan fingerprint density at radius 2 is 1.76 bits per heavy atom. The molecule has 0 unspecified atom stereocenters. The largest absolute Gasteiger partial charge is 0.350 e. The SMILES string of the molecule is O=C(Nc1ccc2ccccc2c1)c1cc(-c2cccc(F)c2)no1. The summed E-state index contributed by atoms with van der Waals surface area (Å²) in [7, 11) is 0. The van der Waals surface area contributed by atoms with Crippen LogP contribution in [-0.4, -0.2) is 11.1 Å². The van der Waals surface area contributed by atoms with Crippen LogP contribution in [0.3, 0.4) is 0 Å². The van der Waals surface area contributed by atoms with Crippen LogP contribution >= 0.6 is 0 Å². The monoisotopic (exact) mass is 332 g/mol. The lowest BCUT2D eigenvalue weighted by Crippen LogP contribution is -2.10. The van der Waals surface area contributed by atoms with E-state index in [0.29, 0.717) is 16.9 Å². The predicted molar refractivity (Wildman–Crippen MR) is 93.8 cm³/mol. The van der Waals surface area contributed by atoms with E-state index in [1.165, 1.54) is 18.2 Å². The number of nitrogens with zero attached hydrogens (tertiary/aromatic N) is 1. The Morgan fingerprint density at radius 3 is 2.60 bits per heavy atom. The standard InChI is InChI=1S/C20H13FN2O2/c21-16-7-3-6-15(10-16)18-12-19(25-23-18)20(24)22-17-9-8-13-4-1-2-5-14(13)11-17/h1-12H,(H,22,24). The van der Waals surface area contributed by atoms with E-state index in [2.05, 4.69) is 10.5 Å². The Balaban J connectivity index is 1.56. The molecule has 0 saturated carbocycles. The summed E-state index contributed by atoms with van der Waals surface area (Å²) in [5.74, 6) is -0.722. The molecule has 0 saturated heterocycles. The van der Waals surface area contributed by atoms with Gasteiger partial charge < -0.3 is 9.84 Å². The van der Waals surface area contributed by atoms with Gasteiger partial charge in [-0.2, -0.15) is 0 Å². The molecule has 3 aromatic carbocycles. The fraction of sp³-hybridized carbons (Fsp3) is 0. The molecule has 1 amide bonds. The normalized spacial score (nSPS) is 10.8. The average Bonchev–Trinajstić information content (AvgIpc) is 3.12. The van der Waals surface area contributed by atoms with E-state index in [1.54, 1.807) is 12.1 Å². The molecule has 0 fully saturated rings. The van der Waals surface area contributed by atoms with Crippen LogP contribution in [0.4, 0.5) is 10.1 Å². The number of halogens is 1. The fourth-order valence-corrected chi connectivity index (χ4v) is 2.63. The third kappa shape index (κ3) is 3.12. The van der Waals surface area contributed by atoms with E-state index in [0.717, 1.165) is 10.8 Å². The van der Waals surface area contributed by atoms with Gasteiger partial charge in [0.1, 0.15) is 11.5 Å². The molecule has 0 aliphatic carbocycles. The van der Waals surface area contributed by atoms with E-state index in [4.69, 9.17) is 4.52 Å². The quantitative estimate of drug-likeness (QED) is 0.581. The van der Waals surface area contributed by atoms with Gasteiger partial charge in [-0.15, -0.1) is 0 Å². The van der Waals surface area contributed by atoms with Crippen molar-refractivity contribution in [3.63, 3.8) is 0 Å². The molecule has 0 radical (unpaired) electrons. The first-order valence-corrected chi connectivity index (χ1v) is 7.72. The molecule has 0 aliphatic rings. The number of rotatable bonds is 3. The lowest BCUT2D eigenvalue weighted by atomic mass is 10.1. The summed E-state index contributed by atoms with van der Waals surface area (Å²) in [5, 5.41) is 8.73. The number of carbonyl (C=O) groups is 1. The van der Waals surface area contributed by atoms with Gasteiger partial charge in [0.2, 0.25) is 5.76 Å². The van der Waals surface area contributed by atoms with Gasteiger partial charge in [0.25, 0.3) is 5.91 Å². The average molecular weight is 332 g/mol. The Labute approximate surface area is 142 Å². The van der Waals surface area contributed by atoms with Crippen molar-refractivity contribution < 1.29 is 13.7 Å². The minimum atomic E-state index is -0.412. The second-order valence-electron chi connectivity index (χ2n) is 5.60. The van der Waals surface area contributed by atoms with Crippen molar-refractivity contribution in [2.75, 3.05) is 5.32 Å². The number of hydrogen-bond donors (Lipinski definition) is 1. The highest BCUT2D eigenvalue weighted by Crippen LogP contribution is 2.22. The Morgan fingerprint density at radius 1 is 0.920 bits per heavy atom. The molecular weight excluding hydrogens is 319 g/mol. The lowest BCUT2D eigenvalue weighted by molar-refractivity contribution is 0.0988. The van der Waals surface area contributed by atoms with Gasteiger partial charge in [-0.3, -0.25) is 4.79 Å². The molecule has 4 rings (SSSR count). The molecule has 5 heteroatoms.